The van der Waals surface area contributed by atoms with Crippen LogP contribution in [0.25, 0.3) is 0 Å². The molecule has 1 aromatic heterocycles. The Morgan fingerprint density at radius 2 is 2.11 bits per heavy atom. The second-order valence-corrected chi connectivity index (χ2v) is 4.67. The van der Waals surface area contributed by atoms with Crippen molar-refractivity contribution < 1.29 is 23.1 Å². The molecule has 1 aliphatic heterocycles. The topological polar surface area (TPSA) is 53.4 Å². The Morgan fingerprint density at radius 1 is 1.47 bits per heavy atom. The van der Waals surface area contributed by atoms with E-state index < -0.39 is 23.8 Å². The molecule has 0 aliphatic carbocycles. The molecule has 1 fully saturated rings. The van der Waals surface area contributed by atoms with Crippen molar-refractivity contribution in [3.8, 4) is 0 Å². The first-order valence-electron chi connectivity index (χ1n) is 5.81. The molecule has 1 atom stereocenters. The molecule has 2 heterocycles. The van der Waals surface area contributed by atoms with Gasteiger partial charge in [-0.1, -0.05) is 13.0 Å². The standard InChI is InChI=1S/C12H13F3N2O2/c1-7(11(18)19)8-5-17(6-8)10-4-2-3-9(16-10)12(13,14)15/h2-4,7-8H,5-6H2,1H3,(H,18,19). The summed E-state index contributed by atoms with van der Waals surface area (Å²) in [7, 11) is 0. The lowest BCUT2D eigenvalue weighted by molar-refractivity contribution is -0.143. The molecule has 7 heteroatoms. The first kappa shape index (κ1) is 13.6. The molecule has 1 aromatic rings. The van der Waals surface area contributed by atoms with Gasteiger partial charge in [0, 0.05) is 19.0 Å². The number of pyridine rings is 1. The first-order chi connectivity index (χ1) is 8.79. The lowest BCUT2D eigenvalue weighted by Crippen LogP contribution is -2.51. The number of hydrogen-bond acceptors (Lipinski definition) is 3. The number of carboxylic acids is 1. The number of aromatic nitrogens is 1. The molecule has 0 radical (unpaired) electrons. The summed E-state index contributed by atoms with van der Waals surface area (Å²) in [6, 6.07) is 3.72. The molecule has 0 spiro atoms. The Morgan fingerprint density at radius 3 is 2.63 bits per heavy atom. The van der Waals surface area contributed by atoms with Gasteiger partial charge in [0.2, 0.25) is 0 Å². The van der Waals surface area contributed by atoms with Gasteiger partial charge < -0.3 is 10.0 Å². The van der Waals surface area contributed by atoms with Gasteiger partial charge in [-0.25, -0.2) is 4.98 Å². The van der Waals surface area contributed by atoms with Gasteiger partial charge in [-0.2, -0.15) is 13.2 Å². The van der Waals surface area contributed by atoms with Crippen LogP contribution in [-0.4, -0.2) is 29.1 Å². The van der Waals surface area contributed by atoms with Crippen LogP contribution < -0.4 is 4.90 Å². The zero-order valence-corrected chi connectivity index (χ0v) is 10.2. The van der Waals surface area contributed by atoms with Gasteiger partial charge in [0.25, 0.3) is 0 Å². The molecule has 1 saturated heterocycles. The quantitative estimate of drug-likeness (QED) is 0.918. The van der Waals surface area contributed by atoms with Crippen molar-refractivity contribution >= 4 is 11.8 Å². The number of anilines is 1. The van der Waals surface area contributed by atoms with E-state index in [1.54, 1.807) is 11.8 Å². The van der Waals surface area contributed by atoms with E-state index in [0.29, 0.717) is 13.1 Å². The van der Waals surface area contributed by atoms with Crippen LogP contribution in [0.4, 0.5) is 19.0 Å². The molecule has 1 N–H and O–H groups in total. The van der Waals surface area contributed by atoms with Gasteiger partial charge in [-0.15, -0.1) is 0 Å². The van der Waals surface area contributed by atoms with Gasteiger partial charge in [-0.05, 0) is 12.1 Å². The number of rotatable bonds is 3. The van der Waals surface area contributed by atoms with E-state index in [4.69, 9.17) is 5.11 Å². The summed E-state index contributed by atoms with van der Waals surface area (Å²) in [5.74, 6) is -1.19. The highest BCUT2D eigenvalue weighted by molar-refractivity contribution is 5.70. The Labute approximate surface area is 107 Å². The van der Waals surface area contributed by atoms with E-state index in [1.807, 2.05) is 0 Å². The smallest absolute Gasteiger partial charge is 0.433 e. The number of carboxylic acid groups (broad SMARTS) is 1. The third-order valence-electron chi connectivity index (χ3n) is 3.36. The third-order valence-corrected chi connectivity index (χ3v) is 3.36. The lowest BCUT2D eigenvalue weighted by Gasteiger charge is -2.42. The number of hydrogen-bond donors (Lipinski definition) is 1. The van der Waals surface area contributed by atoms with Crippen LogP contribution in [0.1, 0.15) is 12.6 Å². The number of carbonyl (C=O) groups is 1. The maximum absolute atomic E-state index is 12.5. The van der Waals surface area contributed by atoms with E-state index in [1.165, 1.54) is 12.1 Å². The van der Waals surface area contributed by atoms with Crippen molar-refractivity contribution in [3.63, 3.8) is 0 Å². The minimum atomic E-state index is -4.46. The fraction of sp³-hybridized carbons (Fsp3) is 0.500. The van der Waals surface area contributed by atoms with Crippen molar-refractivity contribution in [3.05, 3.63) is 23.9 Å². The molecule has 1 aliphatic rings. The minimum absolute atomic E-state index is 0.0474. The number of alkyl halides is 3. The molecule has 2 rings (SSSR count). The summed E-state index contributed by atoms with van der Waals surface area (Å²) in [4.78, 5) is 16.0. The number of aliphatic carboxylic acids is 1. The van der Waals surface area contributed by atoms with Crippen molar-refractivity contribution in [2.45, 2.75) is 13.1 Å². The maximum atomic E-state index is 12.5. The highest BCUT2D eigenvalue weighted by atomic mass is 19.4. The summed E-state index contributed by atoms with van der Waals surface area (Å²) in [5.41, 5.74) is -0.931. The highest BCUT2D eigenvalue weighted by Gasteiger charge is 2.37. The lowest BCUT2D eigenvalue weighted by atomic mass is 9.87. The Kier molecular flexibility index (Phi) is 3.38. The van der Waals surface area contributed by atoms with Crippen LogP contribution in [0.2, 0.25) is 0 Å². The Hall–Kier alpha value is -1.79. The molecule has 104 valence electrons. The minimum Gasteiger partial charge on any atom is -0.481 e. The van der Waals surface area contributed by atoms with E-state index in [-0.39, 0.29) is 11.7 Å². The molecule has 1 unspecified atom stereocenters. The van der Waals surface area contributed by atoms with E-state index in [9.17, 15) is 18.0 Å². The second-order valence-electron chi connectivity index (χ2n) is 4.67. The van der Waals surface area contributed by atoms with Gasteiger partial charge in [0.1, 0.15) is 11.5 Å². The molecule has 0 bridgehead atoms. The zero-order valence-electron chi connectivity index (χ0n) is 10.2. The van der Waals surface area contributed by atoms with Gasteiger partial charge in [-0.3, -0.25) is 4.79 Å². The fourth-order valence-corrected chi connectivity index (χ4v) is 1.97. The summed E-state index contributed by atoms with van der Waals surface area (Å²) in [6.45, 7) is 2.44. The number of nitrogens with zero attached hydrogens (tertiary/aromatic N) is 2. The van der Waals surface area contributed by atoms with Crippen molar-refractivity contribution in [1.29, 1.82) is 0 Å². The van der Waals surface area contributed by atoms with Crippen molar-refractivity contribution in [1.82, 2.24) is 4.98 Å². The average Bonchev–Trinajstić information content (AvgIpc) is 2.26. The SMILES string of the molecule is CC(C(=O)O)C1CN(c2cccc(C(F)(F)F)n2)C1. The number of halogens is 3. The predicted molar refractivity (Wildman–Crippen MR) is 61.7 cm³/mol. The fourth-order valence-electron chi connectivity index (χ4n) is 1.97. The summed E-state index contributed by atoms with van der Waals surface area (Å²) >= 11 is 0. The zero-order chi connectivity index (χ0) is 14.2. The molecule has 0 aromatic carbocycles. The van der Waals surface area contributed by atoms with Crippen LogP contribution in [0.15, 0.2) is 18.2 Å². The Bertz CT molecular complexity index is 484. The van der Waals surface area contributed by atoms with Gasteiger partial charge in [0.05, 0.1) is 5.92 Å². The van der Waals surface area contributed by atoms with Gasteiger partial charge >= 0.3 is 12.1 Å². The summed E-state index contributed by atoms with van der Waals surface area (Å²) in [5, 5.41) is 8.84. The van der Waals surface area contributed by atoms with Crippen LogP contribution in [-0.2, 0) is 11.0 Å². The monoisotopic (exact) mass is 274 g/mol. The largest absolute Gasteiger partial charge is 0.481 e. The highest BCUT2D eigenvalue weighted by Crippen LogP contribution is 2.32. The van der Waals surface area contributed by atoms with Crippen LogP contribution in [0.3, 0.4) is 0 Å². The summed E-state index contributed by atoms with van der Waals surface area (Å²) in [6.07, 6.45) is -4.46. The molecule has 0 saturated carbocycles. The summed E-state index contributed by atoms with van der Waals surface area (Å²) < 4.78 is 37.5. The maximum Gasteiger partial charge on any atom is 0.433 e. The molecule has 4 nitrogen and oxygen atoms in total. The normalized spacial score (nSPS) is 18.0. The first-order valence-corrected chi connectivity index (χ1v) is 5.81. The van der Waals surface area contributed by atoms with Crippen LogP contribution in [0, 0.1) is 11.8 Å². The van der Waals surface area contributed by atoms with Gasteiger partial charge in [0.15, 0.2) is 0 Å². The van der Waals surface area contributed by atoms with E-state index >= 15 is 0 Å². The van der Waals surface area contributed by atoms with E-state index in [0.717, 1.165) is 6.07 Å². The second kappa shape index (κ2) is 4.71. The third kappa shape index (κ3) is 2.80. The molecule has 0 amide bonds. The molecular weight excluding hydrogens is 261 g/mol. The van der Waals surface area contributed by atoms with Crippen LogP contribution in [0.5, 0.6) is 0 Å². The average molecular weight is 274 g/mol. The molecular formula is C12H13F3N2O2. The predicted octanol–water partition coefficient (Wildman–Crippen LogP) is 2.26. The van der Waals surface area contributed by atoms with Crippen LogP contribution >= 0.6 is 0 Å². The Balaban J connectivity index is 2.04. The molecule has 19 heavy (non-hydrogen) atoms. The van der Waals surface area contributed by atoms with Crippen molar-refractivity contribution in [2.75, 3.05) is 18.0 Å². The van der Waals surface area contributed by atoms with Crippen molar-refractivity contribution in [2.24, 2.45) is 11.8 Å². The van der Waals surface area contributed by atoms with E-state index in [2.05, 4.69) is 4.98 Å².